The third-order valence-corrected chi connectivity index (χ3v) is 5.95. The van der Waals surface area contributed by atoms with Gasteiger partial charge in [-0.1, -0.05) is 17.7 Å². The molecule has 158 valence electrons. The van der Waals surface area contributed by atoms with Gasteiger partial charge in [0.1, 0.15) is 0 Å². The van der Waals surface area contributed by atoms with Gasteiger partial charge >= 0.3 is 6.03 Å². The van der Waals surface area contributed by atoms with Gasteiger partial charge < -0.3 is 24.7 Å². The molecule has 30 heavy (non-hydrogen) atoms. The van der Waals surface area contributed by atoms with Crippen molar-refractivity contribution in [1.29, 1.82) is 0 Å². The lowest BCUT2D eigenvalue weighted by Crippen LogP contribution is -2.43. The van der Waals surface area contributed by atoms with Crippen molar-refractivity contribution in [3.05, 3.63) is 58.7 Å². The zero-order valence-corrected chi connectivity index (χ0v) is 18.0. The van der Waals surface area contributed by atoms with E-state index >= 15 is 0 Å². The summed E-state index contributed by atoms with van der Waals surface area (Å²) in [7, 11) is 3.21. The Labute approximate surface area is 181 Å². The number of piperidine rings is 1. The van der Waals surface area contributed by atoms with Crippen LogP contribution in [0.3, 0.4) is 0 Å². The third kappa shape index (κ3) is 4.33. The zero-order chi connectivity index (χ0) is 21.1. The highest BCUT2D eigenvalue weighted by molar-refractivity contribution is 6.31. The van der Waals surface area contributed by atoms with Crippen LogP contribution in [0.5, 0.6) is 11.5 Å². The average molecular weight is 428 g/mol. The number of halogens is 1. The summed E-state index contributed by atoms with van der Waals surface area (Å²) >= 11 is 6.10. The van der Waals surface area contributed by atoms with Gasteiger partial charge in [-0.25, -0.2) is 4.79 Å². The summed E-state index contributed by atoms with van der Waals surface area (Å²) in [6.45, 7) is 1.92. The minimum atomic E-state index is -0.0355. The van der Waals surface area contributed by atoms with Crippen molar-refractivity contribution >= 4 is 28.5 Å². The molecular formula is C23H26ClN3O3. The van der Waals surface area contributed by atoms with Crippen LogP contribution in [0.1, 0.15) is 30.0 Å². The highest BCUT2D eigenvalue weighted by Crippen LogP contribution is 2.31. The van der Waals surface area contributed by atoms with Gasteiger partial charge in [-0.15, -0.1) is 0 Å². The van der Waals surface area contributed by atoms with E-state index in [1.165, 1.54) is 5.69 Å². The van der Waals surface area contributed by atoms with Crippen molar-refractivity contribution < 1.29 is 14.3 Å². The molecule has 1 fully saturated rings. The van der Waals surface area contributed by atoms with E-state index in [-0.39, 0.29) is 6.03 Å². The summed E-state index contributed by atoms with van der Waals surface area (Å²) in [6, 6.07) is 13.7. The molecule has 3 aromatic rings. The Morgan fingerprint density at radius 2 is 1.87 bits per heavy atom. The van der Waals surface area contributed by atoms with Gasteiger partial charge in [-0.05, 0) is 54.8 Å². The highest BCUT2D eigenvalue weighted by atomic mass is 35.5. The number of benzene rings is 2. The number of carbonyl (C=O) groups excluding carboxylic acids is 1. The molecule has 0 saturated carbocycles. The van der Waals surface area contributed by atoms with Crippen LogP contribution in [0, 0.1) is 0 Å². The molecule has 0 radical (unpaired) electrons. The number of ether oxygens (including phenoxy) is 2. The molecule has 2 aromatic carbocycles. The molecule has 1 aliphatic rings. The number of carbonyl (C=O) groups is 1. The Morgan fingerprint density at radius 3 is 2.60 bits per heavy atom. The second-order valence-electron chi connectivity index (χ2n) is 7.57. The number of hydrogen-bond donors (Lipinski definition) is 2. The second kappa shape index (κ2) is 8.88. The highest BCUT2D eigenvalue weighted by Gasteiger charge is 2.24. The summed E-state index contributed by atoms with van der Waals surface area (Å²) in [5.41, 5.74) is 3.29. The first-order chi connectivity index (χ1) is 14.6. The van der Waals surface area contributed by atoms with Crippen molar-refractivity contribution in [2.45, 2.75) is 25.3 Å². The van der Waals surface area contributed by atoms with E-state index < -0.39 is 0 Å². The number of likely N-dealkylation sites (tertiary alicyclic amines) is 1. The number of amides is 2. The molecule has 1 aromatic heterocycles. The minimum absolute atomic E-state index is 0.0355. The van der Waals surface area contributed by atoms with E-state index in [0.29, 0.717) is 24.0 Å². The van der Waals surface area contributed by atoms with Crippen LogP contribution in [0.15, 0.2) is 42.5 Å². The summed E-state index contributed by atoms with van der Waals surface area (Å²) < 4.78 is 10.6. The maximum absolute atomic E-state index is 12.6. The number of aromatic amines is 1. The SMILES string of the molecule is COc1ccc(CNC(=O)N2CCC(c3cc4cc(Cl)ccc4[nH]3)CC2)cc1OC. The molecular weight excluding hydrogens is 402 g/mol. The van der Waals surface area contributed by atoms with E-state index in [4.69, 9.17) is 21.1 Å². The molecule has 0 unspecified atom stereocenters. The van der Waals surface area contributed by atoms with Gasteiger partial charge in [0.15, 0.2) is 11.5 Å². The van der Waals surface area contributed by atoms with Crippen LogP contribution in [0.25, 0.3) is 10.9 Å². The second-order valence-corrected chi connectivity index (χ2v) is 8.00. The van der Waals surface area contributed by atoms with Crippen molar-refractivity contribution in [3.63, 3.8) is 0 Å². The normalized spacial score (nSPS) is 14.7. The maximum Gasteiger partial charge on any atom is 0.317 e. The summed E-state index contributed by atoms with van der Waals surface area (Å²) in [4.78, 5) is 18.0. The van der Waals surface area contributed by atoms with Crippen LogP contribution in [0.4, 0.5) is 4.79 Å². The smallest absolute Gasteiger partial charge is 0.317 e. The number of rotatable bonds is 5. The molecule has 4 rings (SSSR count). The van der Waals surface area contributed by atoms with E-state index in [2.05, 4.69) is 16.4 Å². The van der Waals surface area contributed by atoms with Crippen LogP contribution in [-0.4, -0.2) is 43.2 Å². The van der Waals surface area contributed by atoms with Crippen molar-refractivity contribution in [2.75, 3.05) is 27.3 Å². The molecule has 1 aliphatic heterocycles. The fraction of sp³-hybridized carbons (Fsp3) is 0.348. The first-order valence-corrected chi connectivity index (χ1v) is 10.5. The molecule has 0 aliphatic carbocycles. The van der Waals surface area contributed by atoms with Gasteiger partial charge in [0.2, 0.25) is 0 Å². The quantitative estimate of drug-likeness (QED) is 0.606. The number of urea groups is 1. The molecule has 6 nitrogen and oxygen atoms in total. The summed E-state index contributed by atoms with van der Waals surface area (Å²) in [6.07, 6.45) is 1.87. The van der Waals surface area contributed by atoms with Crippen molar-refractivity contribution in [3.8, 4) is 11.5 Å². The molecule has 2 heterocycles. The number of H-pyrrole nitrogens is 1. The topological polar surface area (TPSA) is 66.6 Å². The largest absolute Gasteiger partial charge is 0.493 e. The lowest BCUT2D eigenvalue weighted by atomic mass is 9.94. The maximum atomic E-state index is 12.6. The third-order valence-electron chi connectivity index (χ3n) is 5.72. The standard InChI is InChI=1S/C23H26ClN3O3/c1-29-21-6-3-15(11-22(21)30-2)14-25-23(28)27-9-7-16(8-10-27)20-13-17-12-18(24)4-5-19(17)26-20/h3-6,11-13,16,26H,7-10,14H2,1-2H3,(H,25,28). The first kappa shape index (κ1) is 20.4. The Morgan fingerprint density at radius 1 is 1.10 bits per heavy atom. The minimum Gasteiger partial charge on any atom is -0.493 e. The molecule has 2 amide bonds. The van der Waals surface area contributed by atoms with Gasteiger partial charge in [0.05, 0.1) is 14.2 Å². The van der Waals surface area contributed by atoms with E-state index in [9.17, 15) is 4.79 Å². The van der Waals surface area contributed by atoms with Crippen molar-refractivity contribution in [2.24, 2.45) is 0 Å². The van der Waals surface area contributed by atoms with Gasteiger partial charge in [-0.3, -0.25) is 0 Å². The van der Waals surface area contributed by atoms with Gasteiger partial charge in [0, 0.05) is 47.2 Å². The molecule has 7 heteroatoms. The zero-order valence-electron chi connectivity index (χ0n) is 17.2. The number of nitrogens with one attached hydrogen (secondary N) is 2. The number of fused-ring (bicyclic) bond motifs is 1. The lowest BCUT2D eigenvalue weighted by Gasteiger charge is -2.31. The average Bonchev–Trinajstić information content (AvgIpc) is 3.20. The molecule has 0 atom stereocenters. The summed E-state index contributed by atoms with van der Waals surface area (Å²) in [5.74, 6) is 1.75. The lowest BCUT2D eigenvalue weighted by molar-refractivity contribution is 0.180. The Bertz CT molecular complexity index is 1040. The number of nitrogens with zero attached hydrogens (tertiary/aromatic N) is 1. The van der Waals surface area contributed by atoms with Gasteiger partial charge in [0.25, 0.3) is 0 Å². The van der Waals surface area contributed by atoms with Crippen molar-refractivity contribution in [1.82, 2.24) is 15.2 Å². The van der Waals surface area contributed by atoms with E-state index in [1.807, 2.05) is 41.3 Å². The Balaban J connectivity index is 1.31. The predicted molar refractivity (Wildman–Crippen MR) is 119 cm³/mol. The van der Waals surface area contributed by atoms with Crippen LogP contribution in [-0.2, 0) is 6.54 Å². The molecule has 0 spiro atoms. The number of hydrogen-bond acceptors (Lipinski definition) is 3. The van der Waals surface area contributed by atoms with Crippen LogP contribution < -0.4 is 14.8 Å². The monoisotopic (exact) mass is 427 g/mol. The molecule has 1 saturated heterocycles. The number of aromatic nitrogens is 1. The molecule has 2 N–H and O–H groups in total. The van der Waals surface area contributed by atoms with Crippen LogP contribution >= 0.6 is 11.6 Å². The summed E-state index contributed by atoms with van der Waals surface area (Å²) in [5, 5.41) is 4.88. The Hall–Kier alpha value is -2.86. The Kier molecular flexibility index (Phi) is 6.04. The molecule has 0 bridgehead atoms. The predicted octanol–water partition coefficient (Wildman–Crippen LogP) is 4.93. The number of methoxy groups -OCH3 is 2. The van der Waals surface area contributed by atoms with Crippen LogP contribution in [0.2, 0.25) is 5.02 Å². The van der Waals surface area contributed by atoms with E-state index in [0.717, 1.165) is 47.4 Å². The van der Waals surface area contributed by atoms with Gasteiger partial charge in [-0.2, -0.15) is 0 Å². The fourth-order valence-electron chi connectivity index (χ4n) is 4.02. The fourth-order valence-corrected chi connectivity index (χ4v) is 4.20. The first-order valence-electron chi connectivity index (χ1n) is 10.1. The van der Waals surface area contributed by atoms with E-state index in [1.54, 1.807) is 14.2 Å².